The summed E-state index contributed by atoms with van der Waals surface area (Å²) in [6.07, 6.45) is 1.64. The molecule has 126 valence electrons. The third-order valence-electron chi connectivity index (χ3n) is 4.44. The maximum atomic E-state index is 11.7. The lowest BCUT2D eigenvalue weighted by atomic mass is 9.92. The monoisotopic (exact) mass is 358 g/mol. The Morgan fingerprint density at radius 1 is 1.35 bits per heavy atom. The molecule has 2 heterocycles. The smallest absolute Gasteiger partial charge is 0.410 e. The largest absolute Gasteiger partial charge is 0.495 e. The normalized spacial score (nSPS) is 25.0. The molecule has 2 aliphatic heterocycles. The standard InChI is InChI=1S/C16H20Cl2N2O3/c1-19-9-16(23-15(19)21)4-3-5-20(10-16)8-11-6-12(17)7-13(18)14(11)22-2/h6-7H,3-5,8-10H2,1-2H3/t16-/m0/s1. The van der Waals surface area contributed by atoms with Crippen LogP contribution in [0.1, 0.15) is 18.4 Å². The predicted molar refractivity (Wildman–Crippen MR) is 89.4 cm³/mol. The van der Waals surface area contributed by atoms with Crippen LogP contribution in [0, 0.1) is 0 Å². The highest BCUT2D eigenvalue weighted by Crippen LogP contribution is 2.36. The van der Waals surface area contributed by atoms with E-state index in [4.69, 9.17) is 32.7 Å². The molecule has 5 nitrogen and oxygen atoms in total. The van der Waals surface area contributed by atoms with Gasteiger partial charge in [-0.2, -0.15) is 0 Å². The van der Waals surface area contributed by atoms with E-state index in [0.717, 1.165) is 24.9 Å². The number of hydrogen-bond acceptors (Lipinski definition) is 4. The van der Waals surface area contributed by atoms with E-state index in [9.17, 15) is 4.79 Å². The Kier molecular flexibility index (Phi) is 4.63. The number of likely N-dealkylation sites (N-methyl/N-ethyl adjacent to an activating group) is 1. The molecule has 2 fully saturated rings. The molecule has 0 aliphatic carbocycles. The minimum absolute atomic E-state index is 0.241. The van der Waals surface area contributed by atoms with Crippen LogP contribution in [0.2, 0.25) is 10.0 Å². The summed E-state index contributed by atoms with van der Waals surface area (Å²) in [7, 11) is 3.37. The first-order chi connectivity index (χ1) is 10.9. The molecule has 0 unspecified atom stereocenters. The Labute approximate surface area is 146 Å². The highest BCUT2D eigenvalue weighted by atomic mass is 35.5. The van der Waals surface area contributed by atoms with Crippen molar-refractivity contribution in [3.05, 3.63) is 27.7 Å². The number of benzene rings is 1. The van der Waals surface area contributed by atoms with Crippen molar-refractivity contribution in [2.75, 3.05) is 33.8 Å². The number of piperidine rings is 1. The number of carbonyl (C=O) groups is 1. The van der Waals surface area contributed by atoms with Crippen molar-refractivity contribution in [1.82, 2.24) is 9.80 Å². The Morgan fingerprint density at radius 2 is 2.13 bits per heavy atom. The summed E-state index contributed by atoms with van der Waals surface area (Å²) in [5, 5.41) is 1.10. The van der Waals surface area contributed by atoms with Crippen molar-refractivity contribution >= 4 is 29.3 Å². The van der Waals surface area contributed by atoms with Crippen LogP contribution in [0.3, 0.4) is 0 Å². The molecule has 0 aromatic heterocycles. The third-order valence-corrected chi connectivity index (χ3v) is 4.94. The van der Waals surface area contributed by atoms with Gasteiger partial charge < -0.3 is 14.4 Å². The second kappa shape index (κ2) is 6.38. The average molecular weight is 359 g/mol. The van der Waals surface area contributed by atoms with Crippen molar-refractivity contribution in [1.29, 1.82) is 0 Å². The van der Waals surface area contributed by atoms with Crippen molar-refractivity contribution in [3.63, 3.8) is 0 Å². The molecule has 1 atom stereocenters. The summed E-state index contributed by atoms with van der Waals surface area (Å²) >= 11 is 12.3. The zero-order valence-corrected chi connectivity index (χ0v) is 14.8. The number of nitrogens with zero attached hydrogens (tertiary/aromatic N) is 2. The summed E-state index contributed by atoms with van der Waals surface area (Å²) in [5.74, 6) is 0.649. The van der Waals surface area contributed by atoms with E-state index < -0.39 is 5.60 Å². The fourth-order valence-electron chi connectivity index (χ4n) is 3.53. The van der Waals surface area contributed by atoms with Crippen LogP contribution >= 0.6 is 23.2 Å². The van der Waals surface area contributed by atoms with Gasteiger partial charge in [-0.3, -0.25) is 4.90 Å². The van der Waals surface area contributed by atoms with Crippen molar-refractivity contribution in [2.45, 2.75) is 25.0 Å². The molecule has 1 spiro atoms. The fourth-order valence-corrected chi connectivity index (χ4v) is 4.14. The summed E-state index contributed by atoms with van der Waals surface area (Å²) in [6, 6.07) is 3.55. The van der Waals surface area contributed by atoms with Gasteiger partial charge in [-0.15, -0.1) is 0 Å². The van der Waals surface area contributed by atoms with Gasteiger partial charge in [-0.25, -0.2) is 4.79 Å². The number of carbonyl (C=O) groups excluding carboxylic acids is 1. The van der Waals surface area contributed by atoms with E-state index in [1.807, 2.05) is 6.07 Å². The predicted octanol–water partition coefficient (Wildman–Crippen LogP) is 3.42. The van der Waals surface area contributed by atoms with E-state index in [-0.39, 0.29) is 6.09 Å². The quantitative estimate of drug-likeness (QED) is 0.830. The van der Waals surface area contributed by atoms with Gasteiger partial charge in [0.2, 0.25) is 0 Å². The molecule has 1 aromatic carbocycles. The molecule has 23 heavy (non-hydrogen) atoms. The molecular formula is C16H20Cl2N2O3. The SMILES string of the molecule is COc1c(Cl)cc(Cl)cc1CN1CCC[C@@]2(C1)CN(C)C(=O)O2. The molecule has 0 saturated carbocycles. The molecule has 1 amide bonds. The third kappa shape index (κ3) is 3.37. The van der Waals surface area contributed by atoms with E-state index >= 15 is 0 Å². The number of rotatable bonds is 3. The van der Waals surface area contributed by atoms with Crippen LogP contribution in [0.4, 0.5) is 4.79 Å². The van der Waals surface area contributed by atoms with Crippen LogP contribution in [0.5, 0.6) is 5.75 Å². The molecule has 0 radical (unpaired) electrons. The number of likely N-dealkylation sites (tertiary alicyclic amines) is 1. The second-order valence-corrected chi connectivity index (χ2v) is 7.14. The van der Waals surface area contributed by atoms with Crippen LogP contribution in [-0.2, 0) is 11.3 Å². The summed E-state index contributed by atoms with van der Waals surface area (Å²) in [5.41, 5.74) is 0.541. The Bertz CT molecular complexity index is 626. The first-order valence-electron chi connectivity index (χ1n) is 7.61. The van der Waals surface area contributed by atoms with Gasteiger partial charge in [0.25, 0.3) is 0 Å². The van der Waals surface area contributed by atoms with Crippen LogP contribution in [0.25, 0.3) is 0 Å². The van der Waals surface area contributed by atoms with Gasteiger partial charge in [0.15, 0.2) is 0 Å². The lowest BCUT2D eigenvalue weighted by molar-refractivity contribution is -0.0115. The lowest BCUT2D eigenvalue weighted by Crippen LogP contribution is -2.50. The molecule has 3 rings (SSSR count). The topological polar surface area (TPSA) is 42.0 Å². The summed E-state index contributed by atoms with van der Waals surface area (Å²) < 4.78 is 11.0. The minimum Gasteiger partial charge on any atom is -0.495 e. The summed E-state index contributed by atoms with van der Waals surface area (Å²) in [6.45, 7) is 2.94. The number of hydrogen-bond donors (Lipinski definition) is 0. The zero-order chi connectivity index (χ0) is 16.6. The maximum Gasteiger partial charge on any atom is 0.410 e. The van der Waals surface area contributed by atoms with Crippen molar-refractivity contribution < 1.29 is 14.3 Å². The molecule has 2 aliphatic rings. The minimum atomic E-state index is -0.403. The first kappa shape index (κ1) is 16.7. The Morgan fingerprint density at radius 3 is 2.78 bits per heavy atom. The lowest BCUT2D eigenvalue weighted by Gasteiger charge is -2.38. The van der Waals surface area contributed by atoms with Crippen molar-refractivity contribution in [2.24, 2.45) is 0 Å². The van der Waals surface area contributed by atoms with E-state index in [2.05, 4.69) is 4.90 Å². The van der Waals surface area contributed by atoms with Gasteiger partial charge >= 0.3 is 6.09 Å². The molecule has 7 heteroatoms. The van der Waals surface area contributed by atoms with Crippen molar-refractivity contribution in [3.8, 4) is 5.75 Å². The molecule has 0 bridgehead atoms. The zero-order valence-electron chi connectivity index (χ0n) is 13.3. The van der Waals surface area contributed by atoms with Gasteiger partial charge in [0, 0.05) is 30.7 Å². The van der Waals surface area contributed by atoms with Gasteiger partial charge in [0.1, 0.15) is 11.4 Å². The van der Waals surface area contributed by atoms with E-state index in [1.54, 1.807) is 25.1 Å². The number of ether oxygens (including phenoxy) is 2. The number of amides is 1. The highest BCUT2D eigenvalue weighted by Gasteiger charge is 2.46. The molecule has 0 N–H and O–H groups in total. The van der Waals surface area contributed by atoms with Gasteiger partial charge in [0.05, 0.1) is 18.7 Å². The van der Waals surface area contributed by atoms with Gasteiger partial charge in [-0.05, 0) is 31.5 Å². The highest BCUT2D eigenvalue weighted by molar-refractivity contribution is 6.35. The van der Waals surface area contributed by atoms with E-state index in [0.29, 0.717) is 35.4 Å². The summed E-state index contributed by atoms with van der Waals surface area (Å²) in [4.78, 5) is 15.6. The van der Waals surface area contributed by atoms with Crippen LogP contribution in [-0.4, -0.2) is 55.3 Å². The van der Waals surface area contributed by atoms with Crippen LogP contribution < -0.4 is 4.74 Å². The molecule has 1 aromatic rings. The Hall–Kier alpha value is -1.17. The van der Waals surface area contributed by atoms with E-state index in [1.165, 1.54) is 0 Å². The van der Waals surface area contributed by atoms with Gasteiger partial charge in [-0.1, -0.05) is 23.2 Å². The second-order valence-electron chi connectivity index (χ2n) is 6.30. The molecule has 2 saturated heterocycles. The Balaban J connectivity index is 1.77. The first-order valence-corrected chi connectivity index (χ1v) is 8.36. The number of methoxy groups -OCH3 is 1. The molecular weight excluding hydrogens is 339 g/mol. The number of halogens is 2. The average Bonchev–Trinajstić information content (AvgIpc) is 2.72. The fraction of sp³-hybridized carbons (Fsp3) is 0.562. The maximum absolute atomic E-state index is 11.7. The van der Waals surface area contributed by atoms with Crippen LogP contribution in [0.15, 0.2) is 12.1 Å².